The lowest BCUT2D eigenvalue weighted by molar-refractivity contribution is -0.143. The second-order valence-corrected chi connectivity index (χ2v) is 6.11. The van der Waals surface area contributed by atoms with E-state index in [1.165, 1.54) is 7.11 Å². The van der Waals surface area contributed by atoms with E-state index >= 15 is 0 Å². The van der Waals surface area contributed by atoms with Crippen molar-refractivity contribution >= 4 is 35.0 Å². The van der Waals surface area contributed by atoms with Crippen LogP contribution in [0.15, 0.2) is 29.2 Å². The number of thioether (sulfide) groups is 1. The fourth-order valence-corrected chi connectivity index (χ4v) is 2.81. The standard InChI is InChI=1S/C17H19NO5S/c1-3-4-9-23-13-7-5-12(6-8-13)10-14-16(20)18(17(21)24-14)11-15(19)22-2/h5-8,10H,3-4,9,11H2,1-2H3/b14-10-. The molecule has 0 unspecified atom stereocenters. The topological polar surface area (TPSA) is 72.9 Å². The number of esters is 1. The molecule has 1 saturated heterocycles. The molecule has 7 heteroatoms. The van der Waals surface area contributed by atoms with Crippen LogP contribution in [0.4, 0.5) is 4.79 Å². The number of carbonyl (C=O) groups is 3. The van der Waals surface area contributed by atoms with Crippen LogP contribution in [-0.4, -0.2) is 42.3 Å². The minimum atomic E-state index is -0.632. The Kier molecular flexibility index (Phi) is 6.43. The van der Waals surface area contributed by atoms with Crippen molar-refractivity contribution in [2.45, 2.75) is 19.8 Å². The van der Waals surface area contributed by atoms with Gasteiger partial charge in [0.15, 0.2) is 0 Å². The fourth-order valence-electron chi connectivity index (χ4n) is 1.98. The molecule has 0 aromatic heterocycles. The zero-order chi connectivity index (χ0) is 17.5. The predicted octanol–water partition coefficient (Wildman–Crippen LogP) is 3.07. The molecule has 0 atom stereocenters. The second-order valence-electron chi connectivity index (χ2n) is 5.12. The van der Waals surface area contributed by atoms with Crippen molar-refractivity contribution in [2.75, 3.05) is 20.3 Å². The van der Waals surface area contributed by atoms with Gasteiger partial charge < -0.3 is 9.47 Å². The molecule has 6 nitrogen and oxygen atoms in total. The maximum atomic E-state index is 12.2. The minimum absolute atomic E-state index is 0.281. The summed E-state index contributed by atoms with van der Waals surface area (Å²) in [6, 6.07) is 7.27. The quantitative estimate of drug-likeness (QED) is 0.428. The number of nitrogens with zero attached hydrogens (tertiary/aromatic N) is 1. The van der Waals surface area contributed by atoms with Gasteiger partial charge in [-0.05, 0) is 42.0 Å². The van der Waals surface area contributed by atoms with Gasteiger partial charge in [-0.2, -0.15) is 0 Å². The molecule has 128 valence electrons. The van der Waals surface area contributed by atoms with E-state index in [0.29, 0.717) is 6.61 Å². The van der Waals surface area contributed by atoms with E-state index in [2.05, 4.69) is 11.7 Å². The van der Waals surface area contributed by atoms with Gasteiger partial charge in [0.25, 0.3) is 11.1 Å². The van der Waals surface area contributed by atoms with Crippen molar-refractivity contribution in [3.8, 4) is 5.75 Å². The molecule has 1 aromatic carbocycles. The van der Waals surface area contributed by atoms with E-state index in [4.69, 9.17) is 4.74 Å². The van der Waals surface area contributed by atoms with Crippen molar-refractivity contribution in [3.05, 3.63) is 34.7 Å². The Hall–Kier alpha value is -2.28. The number of unbranched alkanes of at least 4 members (excludes halogenated alkanes) is 1. The molecule has 24 heavy (non-hydrogen) atoms. The lowest BCUT2D eigenvalue weighted by atomic mass is 10.2. The highest BCUT2D eigenvalue weighted by Gasteiger charge is 2.36. The summed E-state index contributed by atoms with van der Waals surface area (Å²) in [5, 5.41) is -0.476. The van der Waals surface area contributed by atoms with E-state index in [-0.39, 0.29) is 11.4 Å². The molecule has 0 aliphatic carbocycles. The molecule has 0 spiro atoms. The van der Waals surface area contributed by atoms with Gasteiger partial charge in [-0.3, -0.25) is 19.3 Å². The first kappa shape index (κ1) is 18.1. The third kappa shape index (κ3) is 4.61. The van der Waals surface area contributed by atoms with Crippen molar-refractivity contribution in [2.24, 2.45) is 0 Å². The molecule has 0 bridgehead atoms. The number of imide groups is 1. The minimum Gasteiger partial charge on any atom is -0.494 e. The molecular weight excluding hydrogens is 330 g/mol. The van der Waals surface area contributed by atoms with Crippen LogP contribution in [0.25, 0.3) is 6.08 Å². The number of hydrogen-bond donors (Lipinski definition) is 0. The number of ether oxygens (including phenoxy) is 2. The van der Waals surface area contributed by atoms with Gasteiger partial charge in [0.05, 0.1) is 18.6 Å². The van der Waals surface area contributed by atoms with Crippen LogP contribution in [0.2, 0.25) is 0 Å². The van der Waals surface area contributed by atoms with Gasteiger partial charge in [-0.15, -0.1) is 0 Å². The largest absolute Gasteiger partial charge is 0.494 e. The van der Waals surface area contributed by atoms with Crippen molar-refractivity contribution in [1.29, 1.82) is 0 Å². The van der Waals surface area contributed by atoms with Crippen LogP contribution < -0.4 is 4.74 Å². The summed E-state index contributed by atoms with van der Waals surface area (Å²) in [5.74, 6) is -0.356. The van der Waals surface area contributed by atoms with Crippen molar-refractivity contribution in [1.82, 2.24) is 4.90 Å². The van der Waals surface area contributed by atoms with Gasteiger partial charge in [-0.1, -0.05) is 25.5 Å². The highest BCUT2D eigenvalue weighted by atomic mass is 32.2. The van der Waals surface area contributed by atoms with Gasteiger partial charge in [0, 0.05) is 0 Å². The lowest BCUT2D eigenvalue weighted by Crippen LogP contribution is -2.34. The highest BCUT2D eigenvalue weighted by molar-refractivity contribution is 8.18. The SMILES string of the molecule is CCCCOc1ccc(/C=C2\SC(=O)N(CC(=O)OC)C2=O)cc1. The van der Waals surface area contributed by atoms with Gasteiger partial charge in [-0.25, -0.2) is 0 Å². The van der Waals surface area contributed by atoms with Gasteiger partial charge in [0.2, 0.25) is 0 Å². The molecule has 1 aliphatic rings. The Labute approximate surface area is 144 Å². The number of benzene rings is 1. The third-order valence-corrected chi connectivity index (χ3v) is 4.24. The number of amides is 2. The smallest absolute Gasteiger partial charge is 0.325 e. The van der Waals surface area contributed by atoms with Crippen LogP contribution in [0.5, 0.6) is 5.75 Å². The summed E-state index contributed by atoms with van der Waals surface area (Å²) in [5.41, 5.74) is 0.779. The van der Waals surface area contributed by atoms with Crippen LogP contribution in [0.1, 0.15) is 25.3 Å². The second kappa shape index (κ2) is 8.54. The molecule has 2 amide bonds. The average molecular weight is 349 g/mol. The third-order valence-electron chi connectivity index (χ3n) is 3.33. The Morgan fingerprint density at radius 2 is 1.96 bits per heavy atom. The molecule has 0 saturated carbocycles. The van der Waals surface area contributed by atoms with Gasteiger partial charge >= 0.3 is 5.97 Å². The van der Waals surface area contributed by atoms with E-state index in [1.54, 1.807) is 6.08 Å². The van der Waals surface area contributed by atoms with E-state index in [1.807, 2.05) is 24.3 Å². The first-order chi connectivity index (χ1) is 11.5. The monoisotopic (exact) mass is 349 g/mol. The number of methoxy groups -OCH3 is 1. The molecule has 1 fully saturated rings. The Morgan fingerprint density at radius 3 is 2.58 bits per heavy atom. The molecular formula is C17H19NO5S. The Bertz CT molecular complexity index is 653. The first-order valence-electron chi connectivity index (χ1n) is 7.60. The number of carbonyl (C=O) groups excluding carboxylic acids is 3. The van der Waals surface area contributed by atoms with Crippen LogP contribution in [-0.2, 0) is 14.3 Å². The van der Waals surface area contributed by atoms with Crippen LogP contribution in [0, 0.1) is 0 Å². The molecule has 2 rings (SSSR count). The zero-order valence-electron chi connectivity index (χ0n) is 13.6. The maximum absolute atomic E-state index is 12.2. The first-order valence-corrected chi connectivity index (χ1v) is 8.42. The maximum Gasteiger partial charge on any atom is 0.325 e. The summed E-state index contributed by atoms with van der Waals surface area (Å²) in [7, 11) is 1.21. The number of hydrogen-bond acceptors (Lipinski definition) is 6. The lowest BCUT2D eigenvalue weighted by Gasteiger charge is -2.09. The molecule has 1 heterocycles. The van der Waals surface area contributed by atoms with E-state index < -0.39 is 17.1 Å². The van der Waals surface area contributed by atoms with Crippen molar-refractivity contribution in [3.63, 3.8) is 0 Å². The van der Waals surface area contributed by atoms with E-state index in [0.717, 1.165) is 40.8 Å². The average Bonchev–Trinajstić information content (AvgIpc) is 2.84. The highest BCUT2D eigenvalue weighted by Crippen LogP contribution is 2.32. The molecule has 0 radical (unpaired) electrons. The van der Waals surface area contributed by atoms with Gasteiger partial charge in [0.1, 0.15) is 12.3 Å². The van der Waals surface area contributed by atoms with E-state index in [9.17, 15) is 14.4 Å². The van der Waals surface area contributed by atoms with Crippen LogP contribution in [0.3, 0.4) is 0 Å². The fraction of sp³-hybridized carbons (Fsp3) is 0.353. The summed E-state index contributed by atoms with van der Waals surface area (Å²) in [4.78, 5) is 36.5. The van der Waals surface area contributed by atoms with Crippen LogP contribution >= 0.6 is 11.8 Å². The Morgan fingerprint density at radius 1 is 1.25 bits per heavy atom. The van der Waals surface area contributed by atoms with Crippen molar-refractivity contribution < 1.29 is 23.9 Å². The Balaban J connectivity index is 2.04. The summed E-state index contributed by atoms with van der Waals surface area (Å²) < 4.78 is 10.1. The predicted molar refractivity (Wildman–Crippen MR) is 91.5 cm³/mol. The number of rotatable bonds is 7. The summed E-state index contributed by atoms with van der Waals surface area (Å²) in [6.07, 6.45) is 3.69. The normalized spacial score (nSPS) is 15.9. The summed E-state index contributed by atoms with van der Waals surface area (Å²) >= 11 is 0.810. The molecule has 1 aliphatic heterocycles. The molecule has 1 aromatic rings. The zero-order valence-corrected chi connectivity index (χ0v) is 14.4. The summed E-state index contributed by atoms with van der Waals surface area (Å²) in [6.45, 7) is 2.39. The molecule has 0 N–H and O–H groups in total.